The van der Waals surface area contributed by atoms with Gasteiger partial charge in [-0.2, -0.15) is 0 Å². The molecule has 126 valence electrons. The Morgan fingerprint density at radius 1 is 1.26 bits per heavy atom. The molecule has 0 heterocycles. The largest absolute Gasteiger partial charge is 0.497 e. The molecule has 0 spiro atoms. The van der Waals surface area contributed by atoms with E-state index in [2.05, 4.69) is 10.6 Å². The first kappa shape index (κ1) is 16.1. The first-order chi connectivity index (χ1) is 11.2. The fraction of sp³-hybridized carbons (Fsp3) is 0.611. The number of aliphatic hydroxyl groups excluding tert-OH is 1. The van der Waals surface area contributed by atoms with E-state index in [-0.39, 0.29) is 18.2 Å². The molecule has 2 saturated carbocycles. The van der Waals surface area contributed by atoms with E-state index in [0.29, 0.717) is 18.4 Å². The Morgan fingerprint density at radius 3 is 2.57 bits per heavy atom. The van der Waals surface area contributed by atoms with Crippen LogP contribution >= 0.6 is 0 Å². The third kappa shape index (κ3) is 4.38. The molecule has 2 aliphatic carbocycles. The van der Waals surface area contributed by atoms with Crippen LogP contribution in [0.25, 0.3) is 0 Å². The van der Waals surface area contributed by atoms with E-state index < -0.39 is 0 Å². The van der Waals surface area contributed by atoms with Crippen molar-refractivity contribution >= 4 is 6.03 Å². The standard InChI is InChI=1S/C18H26N2O3/c1-23-16-8-5-14(6-9-16)17(13-3-4-13)20-18(22)19-11-12-2-7-15(21)10-12/h5-6,8-9,12-13,15,17,21H,2-4,7,10-11H2,1H3,(H2,19,20,22)/t12-,15+,17+/m0/s1. The molecule has 23 heavy (non-hydrogen) atoms. The van der Waals surface area contributed by atoms with Gasteiger partial charge in [-0.25, -0.2) is 4.79 Å². The minimum absolute atomic E-state index is 0.0649. The molecule has 1 aromatic carbocycles. The normalized spacial score (nSPS) is 25.0. The molecule has 1 aromatic rings. The number of hydrogen-bond donors (Lipinski definition) is 3. The van der Waals surface area contributed by atoms with Gasteiger partial charge in [0.15, 0.2) is 0 Å². The number of carbonyl (C=O) groups is 1. The maximum atomic E-state index is 12.2. The lowest BCUT2D eigenvalue weighted by molar-refractivity contribution is 0.177. The summed E-state index contributed by atoms with van der Waals surface area (Å²) in [6.07, 6.45) is 4.77. The number of aliphatic hydroxyl groups is 1. The van der Waals surface area contributed by atoms with Gasteiger partial charge in [-0.3, -0.25) is 0 Å². The maximum absolute atomic E-state index is 12.2. The Kier molecular flexibility index (Phi) is 5.06. The fourth-order valence-electron chi connectivity index (χ4n) is 3.38. The summed E-state index contributed by atoms with van der Waals surface area (Å²) in [7, 11) is 1.65. The summed E-state index contributed by atoms with van der Waals surface area (Å²) in [5, 5.41) is 15.6. The zero-order valence-corrected chi connectivity index (χ0v) is 13.6. The molecule has 0 saturated heterocycles. The quantitative estimate of drug-likeness (QED) is 0.755. The molecule has 5 heteroatoms. The van der Waals surface area contributed by atoms with Gasteiger partial charge in [-0.05, 0) is 61.6 Å². The molecule has 2 fully saturated rings. The molecule has 2 amide bonds. The minimum atomic E-state index is -0.191. The van der Waals surface area contributed by atoms with Crippen molar-refractivity contribution in [1.82, 2.24) is 10.6 Å². The molecule has 0 aromatic heterocycles. The van der Waals surface area contributed by atoms with Crippen molar-refractivity contribution in [3.63, 3.8) is 0 Å². The zero-order chi connectivity index (χ0) is 16.2. The lowest BCUT2D eigenvalue weighted by Crippen LogP contribution is -2.40. The number of urea groups is 1. The van der Waals surface area contributed by atoms with E-state index in [0.717, 1.165) is 43.4 Å². The predicted octanol–water partition coefficient (Wildman–Crippen LogP) is 2.61. The van der Waals surface area contributed by atoms with E-state index in [1.807, 2.05) is 24.3 Å². The average Bonchev–Trinajstić information content (AvgIpc) is 3.32. The lowest BCUT2D eigenvalue weighted by atomic mass is 10.0. The van der Waals surface area contributed by atoms with Crippen molar-refractivity contribution in [2.75, 3.05) is 13.7 Å². The van der Waals surface area contributed by atoms with Gasteiger partial charge < -0.3 is 20.5 Å². The second-order valence-corrected chi connectivity index (χ2v) is 6.78. The van der Waals surface area contributed by atoms with Gasteiger partial charge in [0.2, 0.25) is 0 Å². The van der Waals surface area contributed by atoms with E-state index >= 15 is 0 Å². The van der Waals surface area contributed by atoms with Crippen LogP contribution in [0.2, 0.25) is 0 Å². The number of methoxy groups -OCH3 is 1. The third-order valence-electron chi connectivity index (χ3n) is 4.92. The summed E-state index contributed by atoms with van der Waals surface area (Å²) in [5.74, 6) is 1.76. The van der Waals surface area contributed by atoms with Crippen LogP contribution in [-0.2, 0) is 0 Å². The van der Waals surface area contributed by atoms with Crippen LogP contribution in [-0.4, -0.2) is 30.9 Å². The summed E-state index contributed by atoms with van der Waals surface area (Å²) in [6, 6.07) is 7.87. The highest BCUT2D eigenvalue weighted by Crippen LogP contribution is 2.41. The first-order valence-electron chi connectivity index (χ1n) is 8.52. The molecule has 5 nitrogen and oxygen atoms in total. The van der Waals surface area contributed by atoms with Gasteiger partial charge in [-0.15, -0.1) is 0 Å². The van der Waals surface area contributed by atoms with Gasteiger partial charge in [-0.1, -0.05) is 12.1 Å². The Bertz CT molecular complexity index is 528. The fourth-order valence-corrected chi connectivity index (χ4v) is 3.38. The van der Waals surface area contributed by atoms with Crippen LogP contribution in [0.3, 0.4) is 0 Å². The number of carbonyl (C=O) groups excluding carboxylic acids is 1. The Labute approximate surface area is 137 Å². The second-order valence-electron chi connectivity index (χ2n) is 6.78. The van der Waals surface area contributed by atoms with Gasteiger partial charge in [0.25, 0.3) is 0 Å². The number of hydrogen-bond acceptors (Lipinski definition) is 3. The summed E-state index contributed by atoms with van der Waals surface area (Å²) in [5.41, 5.74) is 1.12. The van der Waals surface area contributed by atoms with E-state index in [4.69, 9.17) is 4.74 Å². The van der Waals surface area contributed by atoms with Crippen molar-refractivity contribution in [1.29, 1.82) is 0 Å². The molecule has 0 bridgehead atoms. The summed E-state index contributed by atoms with van der Waals surface area (Å²) in [6.45, 7) is 0.642. The molecule has 0 unspecified atom stereocenters. The van der Waals surface area contributed by atoms with E-state index in [1.165, 1.54) is 0 Å². The average molecular weight is 318 g/mol. The van der Waals surface area contributed by atoms with Crippen LogP contribution in [0.4, 0.5) is 4.79 Å². The highest BCUT2D eigenvalue weighted by molar-refractivity contribution is 5.74. The molecule has 0 radical (unpaired) electrons. The Morgan fingerprint density at radius 2 is 2.00 bits per heavy atom. The zero-order valence-electron chi connectivity index (χ0n) is 13.6. The topological polar surface area (TPSA) is 70.6 Å². The van der Waals surface area contributed by atoms with Crippen molar-refractivity contribution in [2.24, 2.45) is 11.8 Å². The molecule has 2 aliphatic rings. The monoisotopic (exact) mass is 318 g/mol. The van der Waals surface area contributed by atoms with Crippen molar-refractivity contribution in [3.8, 4) is 5.75 Å². The van der Waals surface area contributed by atoms with Gasteiger partial charge in [0.1, 0.15) is 5.75 Å². The summed E-state index contributed by atoms with van der Waals surface area (Å²) in [4.78, 5) is 12.2. The number of benzene rings is 1. The number of rotatable bonds is 6. The lowest BCUT2D eigenvalue weighted by Gasteiger charge is -2.20. The highest BCUT2D eigenvalue weighted by atomic mass is 16.5. The molecular weight excluding hydrogens is 292 g/mol. The predicted molar refractivity (Wildman–Crippen MR) is 88.3 cm³/mol. The van der Waals surface area contributed by atoms with Crippen molar-refractivity contribution in [3.05, 3.63) is 29.8 Å². The van der Waals surface area contributed by atoms with Crippen LogP contribution < -0.4 is 15.4 Å². The van der Waals surface area contributed by atoms with Gasteiger partial charge in [0, 0.05) is 6.54 Å². The Hall–Kier alpha value is -1.75. The van der Waals surface area contributed by atoms with E-state index in [1.54, 1.807) is 7.11 Å². The van der Waals surface area contributed by atoms with Crippen molar-refractivity contribution in [2.45, 2.75) is 44.2 Å². The molecule has 0 aliphatic heterocycles. The first-order valence-corrected chi connectivity index (χ1v) is 8.52. The van der Waals surface area contributed by atoms with Gasteiger partial charge >= 0.3 is 6.03 Å². The van der Waals surface area contributed by atoms with E-state index in [9.17, 15) is 9.90 Å². The molecule has 3 rings (SSSR count). The number of ether oxygens (including phenoxy) is 1. The molecule has 3 N–H and O–H groups in total. The Balaban J connectivity index is 1.53. The van der Waals surface area contributed by atoms with Crippen LogP contribution in [0.15, 0.2) is 24.3 Å². The summed E-state index contributed by atoms with van der Waals surface area (Å²) < 4.78 is 5.19. The minimum Gasteiger partial charge on any atom is -0.497 e. The SMILES string of the molecule is COc1ccc([C@H](NC(=O)NC[C@H]2CC[C@@H](O)C2)C2CC2)cc1. The number of amides is 2. The van der Waals surface area contributed by atoms with Crippen LogP contribution in [0.5, 0.6) is 5.75 Å². The van der Waals surface area contributed by atoms with Crippen LogP contribution in [0, 0.1) is 11.8 Å². The van der Waals surface area contributed by atoms with Gasteiger partial charge in [0.05, 0.1) is 19.3 Å². The number of nitrogens with one attached hydrogen (secondary N) is 2. The maximum Gasteiger partial charge on any atom is 0.315 e. The third-order valence-corrected chi connectivity index (χ3v) is 4.92. The summed E-state index contributed by atoms with van der Waals surface area (Å²) >= 11 is 0. The smallest absolute Gasteiger partial charge is 0.315 e. The molecule has 3 atom stereocenters. The molecular formula is C18H26N2O3. The van der Waals surface area contributed by atoms with Crippen molar-refractivity contribution < 1.29 is 14.6 Å². The second kappa shape index (κ2) is 7.21. The van der Waals surface area contributed by atoms with Crippen LogP contribution in [0.1, 0.15) is 43.7 Å². The highest BCUT2D eigenvalue weighted by Gasteiger charge is 2.33.